The normalized spacial score (nSPS) is 10.6. The third kappa shape index (κ3) is 15.6. The first-order valence-corrected chi connectivity index (χ1v) is 9.08. The highest BCUT2D eigenvalue weighted by Gasteiger charge is 2.01. The zero-order chi connectivity index (χ0) is 16.5. The Bertz CT molecular complexity index is 274. The molecule has 0 aromatic rings. The van der Waals surface area contributed by atoms with E-state index in [0.29, 0.717) is 12.2 Å². The van der Waals surface area contributed by atoms with Crippen molar-refractivity contribution < 1.29 is 14.3 Å². The Balaban J connectivity index is 3.05. The molecule has 0 atom stereocenters. The lowest BCUT2D eigenvalue weighted by Gasteiger charge is -2.05. The fraction of sp³-hybridized carbons (Fsp3) is 0.842. The number of carbonyl (C=O) groups excluding carboxylic acids is 1. The first-order valence-electron chi connectivity index (χ1n) is 9.08. The van der Waals surface area contributed by atoms with Gasteiger partial charge in [-0.15, -0.1) is 0 Å². The van der Waals surface area contributed by atoms with Crippen molar-refractivity contribution in [3.05, 3.63) is 12.2 Å². The second-order valence-electron chi connectivity index (χ2n) is 6.06. The molecule has 0 heterocycles. The Labute approximate surface area is 137 Å². The molecule has 3 nitrogen and oxygen atoms in total. The highest BCUT2D eigenvalue weighted by molar-refractivity contribution is 5.86. The number of unbranched alkanes of at least 4 members (excludes halogenated alkanes) is 9. The summed E-state index contributed by atoms with van der Waals surface area (Å²) in [6, 6.07) is 0. The van der Waals surface area contributed by atoms with Crippen molar-refractivity contribution in [3.8, 4) is 0 Å². The molecule has 0 aliphatic carbocycles. The fourth-order valence-electron chi connectivity index (χ4n) is 2.21. The molecule has 130 valence electrons. The van der Waals surface area contributed by atoms with E-state index in [4.69, 9.17) is 9.47 Å². The second-order valence-corrected chi connectivity index (χ2v) is 6.06. The lowest BCUT2D eigenvalue weighted by molar-refractivity contribution is -0.139. The molecule has 0 aliphatic rings. The predicted molar refractivity (Wildman–Crippen MR) is 93.1 cm³/mol. The summed E-state index contributed by atoms with van der Waals surface area (Å²) in [5.74, 6) is -0.275. The van der Waals surface area contributed by atoms with Crippen LogP contribution in [0.3, 0.4) is 0 Å². The molecule has 0 bridgehead atoms. The summed E-state index contributed by atoms with van der Waals surface area (Å²) < 4.78 is 10.7. The summed E-state index contributed by atoms with van der Waals surface area (Å²) in [5, 5.41) is 0. The highest BCUT2D eigenvalue weighted by Crippen LogP contribution is 2.06. The molecule has 3 heteroatoms. The van der Waals surface area contributed by atoms with Crippen molar-refractivity contribution in [2.75, 3.05) is 19.8 Å². The van der Waals surface area contributed by atoms with Crippen molar-refractivity contribution >= 4 is 5.97 Å². The zero-order valence-electron chi connectivity index (χ0n) is 14.8. The Morgan fingerprint density at radius 3 is 1.73 bits per heavy atom. The maximum absolute atomic E-state index is 11.1. The minimum absolute atomic E-state index is 0.275. The third-order valence-corrected chi connectivity index (χ3v) is 3.66. The number of hydrogen-bond acceptors (Lipinski definition) is 3. The molecule has 0 rings (SSSR count). The van der Waals surface area contributed by atoms with Crippen LogP contribution in [-0.2, 0) is 14.3 Å². The lowest BCUT2D eigenvalue weighted by atomic mass is 10.1. The largest absolute Gasteiger partial charge is 0.462 e. The van der Waals surface area contributed by atoms with Crippen LogP contribution in [0.2, 0.25) is 0 Å². The molecule has 0 radical (unpaired) electrons. The molecule has 0 aromatic heterocycles. The quantitative estimate of drug-likeness (QED) is 0.216. The van der Waals surface area contributed by atoms with Crippen LogP contribution in [-0.4, -0.2) is 25.8 Å². The minimum Gasteiger partial charge on any atom is -0.462 e. The zero-order valence-corrected chi connectivity index (χ0v) is 14.8. The maximum atomic E-state index is 11.1. The van der Waals surface area contributed by atoms with Crippen LogP contribution in [0.4, 0.5) is 0 Å². The SMILES string of the molecule is C=C(C)C(=O)OCCCCCCCOCCCCCCCC. The van der Waals surface area contributed by atoms with Crippen LogP contribution in [0.1, 0.15) is 84.5 Å². The standard InChI is InChI=1S/C19H36O3/c1-4-5-6-7-9-12-15-21-16-13-10-8-11-14-17-22-19(20)18(2)3/h2,4-17H2,1,3H3. The Kier molecular flexibility index (Phi) is 15.9. The van der Waals surface area contributed by atoms with Crippen molar-refractivity contribution in [1.29, 1.82) is 0 Å². The number of carbonyl (C=O) groups is 1. The van der Waals surface area contributed by atoms with Crippen molar-refractivity contribution in [3.63, 3.8) is 0 Å². The van der Waals surface area contributed by atoms with Crippen LogP contribution >= 0.6 is 0 Å². The van der Waals surface area contributed by atoms with Gasteiger partial charge in [-0.3, -0.25) is 0 Å². The number of hydrogen-bond donors (Lipinski definition) is 0. The smallest absolute Gasteiger partial charge is 0.333 e. The number of esters is 1. The molecule has 0 aliphatic heterocycles. The van der Waals surface area contributed by atoms with E-state index in [9.17, 15) is 4.79 Å². The van der Waals surface area contributed by atoms with Gasteiger partial charge in [-0.05, 0) is 26.2 Å². The number of rotatable bonds is 16. The van der Waals surface area contributed by atoms with Gasteiger partial charge in [-0.2, -0.15) is 0 Å². The van der Waals surface area contributed by atoms with E-state index in [0.717, 1.165) is 32.5 Å². The highest BCUT2D eigenvalue weighted by atomic mass is 16.5. The van der Waals surface area contributed by atoms with E-state index in [2.05, 4.69) is 13.5 Å². The molecule has 0 fully saturated rings. The average Bonchev–Trinajstić information content (AvgIpc) is 2.50. The Morgan fingerprint density at radius 1 is 0.773 bits per heavy atom. The van der Waals surface area contributed by atoms with E-state index >= 15 is 0 Å². The van der Waals surface area contributed by atoms with E-state index in [-0.39, 0.29) is 5.97 Å². The first kappa shape index (κ1) is 21.2. The van der Waals surface area contributed by atoms with Gasteiger partial charge in [0.1, 0.15) is 0 Å². The van der Waals surface area contributed by atoms with Crippen molar-refractivity contribution in [2.24, 2.45) is 0 Å². The summed E-state index contributed by atoms with van der Waals surface area (Å²) in [6.07, 6.45) is 13.5. The fourth-order valence-corrected chi connectivity index (χ4v) is 2.21. The molecular weight excluding hydrogens is 276 g/mol. The summed E-state index contributed by atoms with van der Waals surface area (Å²) >= 11 is 0. The summed E-state index contributed by atoms with van der Waals surface area (Å²) in [4.78, 5) is 11.1. The molecule has 0 spiro atoms. The Hall–Kier alpha value is -0.830. The van der Waals surface area contributed by atoms with Crippen molar-refractivity contribution in [2.45, 2.75) is 84.5 Å². The first-order chi connectivity index (χ1) is 10.7. The van der Waals surface area contributed by atoms with Crippen LogP contribution < -0.4 is 0 Å². The van der Waals surface area contributed by atoms with Gasteiger partial charge in [0.25, 0.3) is 0 Å². The summed E-state index contributed by atoms with van der Waals surface area (Å²) in [5.41, 5.74) is 0.475. The number of ether oxygens (including phenoxy) is 2. The van der Waals surface area contributed by atoms with Crippen LogP contribution in [0.5, 0.6) is 0 Å². The molecule has 0 saturated heterocycles. The molecule has 22 heavy (non-hydrogen) atoms. The van der Waals surface area contributed by atoms with Crippen molar-refractivity contribution in [1.82, 2.24) is 0 Å². The Morgan fingerprint density at radius 2 is 1.23 bits per heavy atom. The van der Waals surface area contributed by atoms with Crippen LogP contribution in [0.15, 0.2) is 12.2 Å². The van der Waals surface area contributed by atoms with Gasteiger partial charge in [0.2, 0.25) is 0 Å². The van der Waals surface area contributed by atoms with Gasteiger partial charge in [-0.1, -0.05) is 64.9 Å². The molecule has 0 saturated carbocycles. The molecular formula is C19H36O3. The monoisotopic (exact) mass is 312 g/mol. The van der Waals surface area contributed by atoms with Gasteiger partial charge in [0, 0.05) is 18.8 Å². The minimum atomic E-state index is -0.275. The van der Waals surface area contributed by atoms with E-state index < -0.39 is 0 Å². The van der Waals surface area contributed by atoms with Gasteiger partial charge in [-0.25, -0.2) is 4.79 Å². The van der Waals surface area contributed by atoms with Gasteiger partial charge >= 0.3 is 5.97 Å². The predicted octanol–water partition coefficient (Wildman–Crippen LogP) is 5.43. The summed E-state index contributed by atoms with van der Waals surface area (Å²) in [7, 11) is 0. The van der Waals surface area contributed by atoms with Gasteiger partial charge < -0.3 is 9.47 Å². The van der Waals surface area contributed by atoms with E-state index in [1.54, 1.807) is 6.92 Å². The van der Waals surface area contributed by atoms with Gasteiger partial charge in [0.05, 0.1) is 6.61 Å². The third-order valence-electron chi connectivity index (χ3n) is 3.66. The van der Waals surface area contributed by atoms with Gasteiger partial charge in [0.15, 0.2) is 0 Å². The maximum Gasteiger partial charge on any atom is 0.333 e. The topological polar surface area (TPSA) is 35.5 Å². The molecule has 0 unspecified atom stereocenters. The lowest BCUT2D eigenvalue weighted by Crippen LogP contribution is -2.06. The summed E-state index contributed by atoms with van der Waals surface area (Å²) in [6.45, 7) is 9.80. The second kappa shape index (κ2) is 16.5. The molecule has 0 aromatic carbocycles. The van der Waals surface area contributed by atoms with E-state index in [1.807, 2.05) is 0 Å². The molecule has 0 N–H and O–H groups in total. The average molecular weight is 312 g/mol. The van der Waals surface area contributed by atoms with Crippen LogP contribution in [0.25, 0.3) is 0 Å². The van der Waals surface area contributed by atoms with Crippen LogP contribution in [0, 0.1) is 0 Å². The molecule has 0 amide bonds. The van der Waals surface area contributed by atoms with E-state index in [1.165, 1.54) is 51.4 Å².